The van der Waals surface area contributed by atoms with Crippen LogP contribution < -0.4 is 10.6 Å². The van der Waals surface area contributed by atoms with E-state index in [1.54, 1.807) is 24.4 Å². The van der Waals surface area contributed by atoms with Crippen molar-refractivity contribution in [3.8, 4) is 0 Å². The highest BCUT2D eigenvalue weighted by Crippen LogP contribution is 2.25. The van der Waals surface area contributed by atoms with Crippen LogP contribution in [0.4, 0.5) is 5.69 Å². The van der Waals surface area contributed by atoms with Crippen molar-refractivity contribution < 1.29 is 4.21 Å². The molecule has 0 spiro atoms. The molecule has 0 radical (unpaired) electrons. The van der Waals surface area contributed by atoms with Crippen LogP contribution in [0.1, 0.15) is 11.1 Å². The SMILES string of the molecule is O=S(Cc1ccccc1)/C(=C/NC(=S)Nc1cc(Cl)ccc1Cl)c1ccccc1. The third kappa shape index (κ3) is 6.41. The van der Waals surface area contributed by atoms with Crippen LogP contribution >= 0.6 is 35.4 Å². The zero-order valence-electron chi connectivity index (χ0n) is 15.3. The molecule has 1 atom stereocenters. The van der Waals surface area contributed by atoms with E-state index in [1.807, 2.05) is 60.7 Å². The predicted octanol–water partition coefficient (Wildman–Crippen LogP) is 6.23. The molecule has 29 heavy (non-hydrogen) atoms. The Morgan fingerprint density at radius 1 is 0.966 bits per heavy atom. The maximum absolute atomic E-state index is 13.1. The molecule has 0 saturated carbocycles. The highest BCUT2D eigenvalue weighted by molar-refractivity contribution is 7.93. The number of anilines is 1. The van der Waals surface area contributed by atoms with Crippen molar-refractivity contribution in [2.45, 2.75) is 5.75 Å². The topological polar surface area (TPSA) is 41.1 Å². The third-order valence-electron chi connectivity index (χ3n) is 3.96. The maximum Gasteiger partial charge on any atom is 0.174 e. The summed E-state index contributed by atoms with van der Waals surface area (Å²) in [4.78, 5) is 0.649. The lowest BCUT2D eigenvalue weighted by Gasteiger charge is -2.12. The minimum Gasteiger partial charge on any atom is -0.338 e. The van der Waals surface area contributed by atoms with Crippen LogP contribution in [0.15, 0.2) is 85.1 Å². The Labute approximate surface area is 188 Å². The molecule has 0 amide bonds. The van der Waals surface area contributed by atoms with Crippen LogP contribution in [-0.4, -0.2) is 9.32 Å². The Morgan fingerprint density at radius 2 is 1.62 bits per heavy atom. The second kappa shape index (κ2) is 10.6. The van der Waals surface area contributed by atoms with Crippen LogP contribution in [-0.2, 0) is 16.6 Å². The molecular formula is C22H18Cl2N2OS2. The molecule has 0 aliphatic carbocycles. The molecule has 0 bridgehead atoms. The summed E-state index contributed by atoms with van der Waals surface area (Å²) in [5.74, 6) is 0.406. The standard InChI is InChI=1S/C22H18Cl2N2OS2/c23-18-11-12-19(24)20(13-18)26-22(28)25-14-21(17-9-5-2-6-10-17)29(27)15-16-7-3-1-4-8-16/h1-14H,15H2,(H2,25,26,28)/b21-14+. The summed E-state index contributed by atoms with van der Waals surface area (Å²) < 4.78 is 13.1. The van der Waals surface area contributed by atoms with Gasteiger partial charge < -0.3 is 10.6 Å². The molecule has 148 valence electrons. The summed E-state index contributed by atoms with van der Waals surface area (Å²) >= 11 is 17.5. The minimum absolute atomic E-state index is 0.319. The molecule has 3 aromatic rings. The third-order valence-corrected chi connectivity index (χ3v) is 6.18. The van der Waals surface area contributed by atoms with Gasteiger partial charge >= 0.3 is 0 Å². The molecule has 0 heterocycles. The van der Waals surface area contributed by atoms with E-state index < -0.39 is 10.8 Å². The van der Waals surface area contributed by atoms with Gasteiger partial charge in [0.1, 0.15) is 0 Å². The summed E-state index contributed by atoms with van der Waals surface area (Å²) in [5.41, 5.74) is 2.45. The Kier molecular flexibility index (Phi) is 7.83. The molecule has 2 N–H and O–H groups in total. The molecule has 0 aliphatic rings. The molecule has 1 unspecified atom stereocenters. The molecule has 3 aromatic carbocycles. The molecule has 7 heteroatoms. The first-order chi connectivity index (χ1) is 14.0. The van der Waals surface area contributed by atoms with Gasteiger partial charge in [-0.2, -0.15) is 0 Å². The minimum atomic E-state index is -1.27. The summed E-state index contributed by atoms with van der Waals surface area (Å²) in [7, 11) is -1.27. The fourth-order valence-electron chi connectivity index (χ4n) is 2.57. The molecular weight excluding hydrogens is 443 g/mol. The fraction of sp³-hybridized carbons (Fsp3) is 0.0455. The van der Waals surface area contributed by atoms with Crippen molar-refractivity contribution >= 4 is 61.9 Å². The number of hydrogen-bond donors (Lipinski definition) is 2. The van der Waals surface area contributed by atoms with Gasteiger partial charge in [0.25, 0.3) is 0 Å². The summed E-state index contributed by atoms with van der Waals surface area (Å²) in [6.07, 6.45) is 1.67. The average molecular weight is 461 g/mol. The lowest BCUT2D eigenvalue weighted by Crippen LogP contribution is -2.24. The van der Waals surface area contributed by atoms with Crippen molar-refractivity contribution in [2.24, 2.45) is 0 Å². The monoisotopic (exact) mass is 460 g/mol. The highest BCUT2D eigenvalue weighted by Gasteiger charge is 2.12. The Morgan fingerprint density at radius 3 is 2.31 bits per heavy atom. The van der Waals surface area contributed by atoms with Gasteiger partial charge in [-0.05, 0) is 41.5 Å². The van der Waals surface area contributed by atoms with Gasteiger partial charge in [0.2, 0.25) is 0 Å². The van der Waals surface area contributed by atoms with Crippen molar-refractivity contribution in [3.63, 3.8) is 0 Å². The number of halogens is 2. The maximum atomic E-state index is 13.1. The number of rotatable bonds is 6. The Bertz CT molecular complexity index is 1040. The van der Waals surface area contributed by atoms with Crippen LogP contribution in [0.5, 0.6) is 0 Å². The number of nitrogens with one attached hydrogen (secondary N) is 2. The average Bonchev–Trinajstić information content (AvgIpc) is 2.72. The van der Waals surface area contributed by atoms with Gasteiger partial charge in [-0.3, -0.25) is 4.21 Å². The van der Waals surface area contributed by atoms with E-state index >= 15 is 0 Å². The predicted molar refractivity (Wildman–Crippen MR) is 129 cm³/mol. The number of benzene rings is 3. The van der Waals surface area contributed by atoms with Crippen molar-refractivity contribution in [2.75, 3.05) is 5.32 Å². The Balaban J connectivity index is 1.78. The molecule has 3 nitrogen and oxygen atoms in total. The van der Waals surface area contributed by atoms with Crippen LogP contribution in [0.25, 0.3) is 4.91 Å². The van der Waals surface area contributed by atoms with E-state index in [0.717, 1.165) is 11.1 Å². The highest BCUT2D eigenvalue weighted by atomic mass is 35.5. The summed E-state index contributed by atoms with van der Waals surface area (Å²) in [5, 5.41) is 7.38. The zero-order valence-corrected chi connectivity index (χ0v) is 18.4. The smallest absolute Gasteiger partial charge is 0.174 e. The second-order valence-electron chi connectivity index (χ2n) is 6.07. The van der Waals surface area contributed by atoms with E-state index in [9.17, 15) is 4.21 Å². The number of thiocarbonyl (C=S) groups is 1. The van der Waals surface area contributed by atoms with Crippen molar-refractivity contribution in [1.82, 2.24) is 5.32 Å². The summed E-state index contributed by atoms with van der Waals surface area (Å²) in [6.45, 7) is 0. The van der Waals surface area contributed by atoms with Crippen molar-refractivity contribution in [1.29, 1.82) is 0 Å². The van der Waals surface area contributed by atoms with E-state index in [-0.39, 0.29) is 0 Å². The van der Waals surface area contributed by atoms with Crippen LogP contribution in [0.2, 0.25) is 10.0 Å². The molecule has 3 rings (SSSR count). The van der Waals surface area contributed by atoms with Gasteiger partial charge in [-0.15, -0.1) is 0 Å². The van der Waals surface area contributed by atoms with Crippen LogP contribution in [0.3, 0.4) is 0 Å². The first-order valence-electron chi connectivity index (χ1n) is 8.73. The second-order valence-corrected chi connectivity index (χ2v) is 8.74. The van der Waals surface area contributed by atoms with E-state index in [0.29, 0.717) is 31.5 Å². The molecule has 0 saturated heterocycles. The molecule has 0 aliphatic heterocycles. The lowest BCUT2D eigenvalue weighted by molar-refractivity contribution is 0.688. The zero-order chi connectivity index (χ0) is 20.6. The van der Waals surface area contributed by atoms with Crippen LogP contribution in [0, 0.1) is 0 Å². The van der Waals surface area contributed by atoms with E-state index in [4.69, 9.17) is 35.4 Å². The summed E-state index contributed by atoms with van der Waals surface area (Å²) in [6, 6.07) is 24.4. The first kappa shape index (κ1) is 21.5. The molecule has 0 fully saturated rings. The normalized spacial score (nSPS) is 12.3. The first-order valence-corrected chi connectivity index (χ1v) is 11.2. The van der Waals surface area contributed by atoms with Gasteiger partial charge in [0.05, 0.1) is 32.2 Å². The number of hydrogen-bond acceptors (Lipinski definition) is 2. The van der Waals surface area contributed by atoms with E-state index in [1.165, 1.54) is 0 Å². The van der Waals surface area contributed by atoms with Gasteiger partial charge in [0, 0.05) is 11.2 Å². The fourth-order valence-corrected chi connectivity index (χ4v) is 4.31. The Hall–Kier alpha value is -2.18. The van der Waals surface area contributed by atoms with E-state index in [2.05, 4.69) is 10.6 Å². The quantitative estimate of drug-likeness (QED) is 0.427. The van der Waals surface area contributed by atoms with Gasteiger partial charge in [-0.25, -0.2) is 0 Å². The largest absolute Gasteiger partial charge is 0.338 e. The molecule has 0 aromatic heterocycles. The lowest BCUT2D eigenvalue weighted by atomic mass is 10.2. The van der Waals surface area contributed by atoms with Gasteiger partial charge in [-0.1, -0.05) is 83.9 Å². The van der Waals surface area contributed by atoms with Crippen molar-refractivity contribution in [3.05, 3.63) is 106 Å². The van der Waals surface area contributed by atoms with Gasteiger partial charge in [0.15, 0.2) is 5.11 Å².